The summed E-state index contributed by atoms with van der Waals surface area (Å²) in [5.41, 5.74) is 8.71. The first-order valence-electron chi connectivity index (χ1n) is 13.0. The first-order valence-corrected chi connectivity index (χ1v) is 13.0. The van der Waals surface area contributed by atoms with Crippen molar-refractivity contribution in [1.29, 1.82) is 0 Å². The van der Waals surface area contributed by atoms with Gasteiger partial charge in [-0.25, -0.2) is 24.1 Å². The van der Waals surface area contributed by atoms with Gasteiger partial charge in [0.25, 0.3) is 0 Å². The summed E-state index contributed by atoms with van der Waals surface area (Å²) in [5.74, 6) is 0.0865. The van der Waals surface area contributed by atoms with Crippen molar-refractivity contribution in [3.8, 4) is 11.4 Å². The van der Waals surface area contributed by atoms with Gasteiger partial charge in [-0.1, -0.05) is 36.4 Å². The summed E-state index contributed by atoms with van der Waals surface area (Å²) in [6.45, 7) is 5.37. The number of imidazole rings is 1. The molecule has 0 radical (unpaired) electrons. The smallest absolute Gasteiger partial charge is 0.414 e. The number of anilines is 2. The first kappa shape index (κ1) is 27.3. The molecule has 0 unspecified atom stereocenters. The average Bonchev–Trinajstić information content (AvgIpc) is 3.25. The van der Waals surface area contributed by atoms with Gasteiger partial charge in [0.1, 0.15) is 17.4 Å². The number of nitrogen functional groups attached to an aromatic ring is 1. The van der Waals surface area contributed by atoms with E-state index >= 15 is 0 Å². The van der Waals surface area contributed by atoms with Gasteiger partial charge in [-0.05, 0) is 68.8 Å². The third-order valence-electron chi connectivity index (χ3n) is 6.45. The van der Waals surface area contributed by atoms with Crippen molar-refractivity contribution >= 4 is 34.5 Å². The van der Waals surface area contributed by atoms with E-state index in [2.05, 4.69) is 9.97 Å². The Hall–Kier alpha value is -5.25. The molecule has 0 spiro atoms. The number of fused-ring (bicyclic) bond motifs is 1. The number of nitrogens with two attached hydrogens (primary N) is 1. The second kappa shape index (κ2) is 10.7. The molecular weight excluding hydrogens is 520 g/mol. The second-order valence-corrected chi connectivity index (χ2v) is 10.6. The zero-order valence-electron chi connectivity index (χ0n) is 23.2. The molecule has 0 saturated heterocycles. The van der Waals surface area contributed by atoms with E-state index < -0.39 is 17.4 Å². The number of rotatable bonds is 6. The molecule has 41 heavy (non-hydrogen) atoms. The number of nitrogens with zero attached hydrogens (tertiary/aromatic N) is 5. The number of carbonyl (C=O) groups is 2. The Morgan fingerprint density at radius 3 is 2.29 bits per heavy atom. The molecule has 2 aromatic heterocycles. The van der Waals surface area contributed by atoms with E-state index in [1.165, 1.54) is 20.4 Å². The molecule has 10 heteroatoms. The topological polar surface area (TPSA) is 125 Å². The van der Waals surface area contributed by atoms with Gasteiger partial charge in [0.15, 0.2) is 17.2 Å². The number of amides is 1. The minimum Gasteiger partial charge on any atom is -0.443 e. The van der Waals surface area contributed by atoms with Gasteiger partial charge < -0.3 is 10.5 Å². The van der Waals surface area contributed by atoms with E-state index in [9.17, 15) is 14.4 Å². The molecule has 2 heterocycles. The van der Waals surface area contributed by atoms with Gasteiger partial charge in [-0.3, -0.25) is 14.3 Å². The Morgan fingerprint density at radius 2 is 1.61 bits per heavy atom. The molecule has 5 rings (SSSR count). The van der Waals surface area contributed by atoms with Crippen molar-refractivity contribution in [3.63, 3.8) is 0 Å². The van der Waals surface area contributed by atoms with Crippen LogP contribution in [-0.2, 0) is 11.2 Å². The third-order valence-corrected chi connectivity index (χ3v) is 6.45. The van der Waals surface area contributed by atoms with Crippen molar-refractivity contribution in [3.05, 3.63) is 107 Å². The van der Waals surface area contributed by atoms with Crippen molar-refractivity contribution in [2.75, 3.05) is 17.7 Å². The molecule has 0 aliphatic heterocycles. The van der Waals surface area contributed by atoms with Crippen LogP contribution in [0.3, 0.4) is 0 Å². The van der Waals surface area contributed by atoms with Crippen LogP contribution in [0.1, 0.15) is 36.7 Å². The Balaban J connectivity index is 1.54. The van der Waals surface area contributed by atoms with Crippen molar-refractivity contribution in [1.82, 2.24) is 19.1 Å². The van der Waals surface area contributed by atoms with Crippen LogP contribution in [0, 0.1) is 0 Å². The summed E-state index contributed by atoms with van der Waals surface area (Å²) in [7, 11) is 1.60. The Morgan fingerprint density at radius 1 is 0.902 bits per heavy atom. The molecule has 10 nitrogen and oxygen atoms in total. The normalized spacial score (nSPS) is 11.4. The first-order chi connectivity index (χ1) is 19.5. The summed E-state index contributed by atoms with van der Waals surface area (Å²) in [6, 6.07) is 23.2. The van der Waals surface area contributed by atoms with Crippen LogP contribution in [0.15, 0.2) is 90.0 Å². The van der Waals surface area contributed by atoms with Crippen LogP contribution in [-0.4, -0.2) is 43.6 Å². The third kappa shape index (κ3) is 5.58. The molecule has 0 aliphatic rings. The quantitative estimate of drug-likeness (QED) is 0.297. The lowest BCUT2D eigenvalue weighted by molar-refractivity contribution is 0.0589. The fraction of sp³-hybridized carbons (Fsp3) is 0.194. The number of benzene rings is 3. The number of ketones is 1. The highest BCUT2D eigenvalue weighted by Gasteiger charge is 2.23. The van der Waals surface area contributed by atoms with Crippen LogP contribution >= 0.6 is 0 Å². The van der Waals surface area contributed by atoms with Crippen molar-refractivity contribution in [2.24, 2.45) is 0 Å². The summed E-state index contributed by atoms with van der Waals surface area (Å²) in [6.07, 6.45) is 1.03. The predicted molar refractivity (Wildman–Crippen MR) is 158 cm³/mol. The van der Waals surface area contributed by atoms with Gasteiger partial charge in [-0.15, -0.1) is 0 Å². The fourth-order valence-corrected chi connectivity index (χ4v) is 4.48. The minimum atomic E-state index is -0.663. The number of hydrogen-bond donors (Lipinski definition) is 1. The van der Waals surface area contributed by atoms with Crippen LogP contribution in [0.5, 0.6) is 0 Å². The molecule has 5 aromatic rings. The van der Waals surface area contributed by atoms with E-state index in [-0.39, 0.29) is 18.0 Å². The lowest BCUT2D eigenvalue weighted by atomic mass is 10.0. The Kier molecular flexibility index (Phi) is 7.15. The van der Waals surface area contributed by atoms with E-state index in [0.717, 1.165) is 5.56 Å². The monoisotopic (exact) mass is 550 g/mol. The standard InChI is InChI=1S/C31H30N6O4/c1-31(2,3)41-30(40)35(4)23-11-8-12-24(18-23)37-28-26(27(32)33-19-34-28)36(29(37)39)22-15-13-21(14-16-22)25(38)17-20-9-6-5-7-10-20/h5-16,18-19H,17H2,1-4H3,(H2,32,33,34). The summed E-state index contributed by atoms with van der Waals surface area (Å²) in [5, 5.41) is 0. The minimum absolute atomic E-state index is 0.0358. The van der Waals surface area contributed by atoms with Crippen LogP contribution in [0.4, 0.5) is 16.3 Å². The van der Waals surface area contributed by atoms with Gasteiger partial charge in [0.2, 0.25) is 0 Å². The molecule has 0 atom stereocenters. The Bertz CT molecular complexity index is 1800. The molecule has 208 valence electrons. The highest BCUT2D eigenvalue weighted by Crippen LogP contribution is 2.26. The number of aromatic nitrogens is 4. The summed E-state index contributed by atoms with van der Waals surface area (Å²) >= 11 is 0. The molecule has 0 saturated carbocycles. The molecule has 3 aromatic carbocycles. The molecule has 2 N–H and O–H groups in total. The van der Waals surface area contributed by atoms with Crippen molar-refractivity contribution in [2.45, 2.75) is 32.8 Å². The van der Waals surface area contributed by atoms with E-state index in [4.69, 9.17) is 10.5 Å². The summed E-state index contributed by atoms with van der Waals surface area (Å²) in [4.78, 5) is 49.3. The van der Waals surface area contributed by atoms with E-state index in [1.54, 1.807) is 76.3 Å². The lowest BCUT2D eigenvalue weighted by Gasteiger charge is -2.25. The molecule has 0 bridgehead atoms. The van der Waals surface area contributed by atoms with Gasteiger partial charge in [0, 0.05) is 24.7 Å². The highest BCUT2D eigenvalue weighted by atomic mass is 16.6. The number of hydrogen-bond acceptors (Lipinski definition) is 7. The van der Waals surface area contributed by atoms with Crippen LogP contribution in [0.25, 0.3) is 22.5 Å². The van der Waals surface area contributed by atoms with Gasteiger partial charge >= 0.3 is 11.8 Å². The largest absolute Gasteiger partial charge is 0.443 e. The fourth-order valence-electron chi connectivity index (χ4n) is 4.48. The highest BCUT2D eigenvalue weighted by molar-refractivity contribution is 5.97. The maximum Gasteiger partial charge on any atom is 0.414 e. The summed E-state index contributed by atoms with van der Waals surface area (Å²) < 4.78 is 8.31. The second-order valence-electron chi connectivity index (χ2n) is 10.6. The zero-order valence-corrected chi connectivity index (χ0v) is 23.2. The van der Waals surface area contributed by atoms with Crippen LogP contribution < -0.4 is 16.3 Å². The maximum absolute atomic E-state index is 13.9. The maximum atomic E-state index is 13.9. The molecule has 0 fully saturated rings. The molecule has 1 amide bonds. The van der Waals surface area contributed by atoms with E-state index in [0.29, 0.717) is 33.8 Å². The Labute approximate surface area is 236 Å². The SMILES string of the molecule is CN(C(=O)OC(C)(C)C)c1cccc(-n2c(=O)n(-c3ccc(C(=O)Cc4ccccc4)cc3)c3c(N)ncnc32)c1. The number of ether oxygens (including phenoxy) is 1. The predicted octanol–water partition coefficient (Wildman–Crippen LogP) is 4.95. The molecule has 0 aliphatic carbocycles. The van der Waals surface area contributed by atoms with Crippen LogP contribution in [0.2, 0.25) is 0 Å². The lowest BCUT2D eigenvalue weighted by Crippen LogP contribution is -2.34. The van der Waals surface area contributed by atoms with Gasteiger partial charge in [-0.2, -0.15) is 0 Å². The zero-order chi connectivity index (χ0) is 29.3. The van der Waals surface area contributed by atoms with E-state index in [1.807, 2.05) is 30.3 Å². The number of Topliss-reactive ketones (excluding diaryl/α,β-unsaturated/α-hetero) is 1. The number of carbonyl (C=O) groups excluding carboxylic acids is 2. The molecular formula is C31H30N6O4. The van der Waals surface area contributed by atoms with Crippen molar-refractivity contribution < 1.29 is 14.3 Å². The van der Waals surface area contributed by atoms with Gasteiger partial charge in [0.05, 0.1) is 11.4 Å². The average molecular weight is 551 g/mol.